The van der Waals surface area contributed by atoms with Crippen molar-refractivity contribution in [2.45, 2.75) is 0 Å². The Morgan fingerprint density at radius 3 is 2.18 bits per heavy atom. The van der Waals surface area contributed by atoms with E-state index in [1.165, 1.54) is 6.07 Å². The normalized spacial score (nSPS) is 13.8. The number of ether oxygens (including phenoxy) is 2. The predicted molar refractivity (Wildman–Crippen MR) is 129 cm³/mol. The molecule has 0 radical (unpaired) electrons. The first-order valence-corrected chi connectivity index (χ1v) is 11.2. The van der Waals surface area contributed by atoms with E-state index in [-0.39, 0.29) is 11.3 Å². The highest BCUT2D eigenvalue weighted by molar-refractivity contribution is 6.07. The van der Waals surface area contributed by atoms with Crippen molar-refractivity contribution in [3.05, 3.63) is 83.9 Å². The number of hydrogen-bond acceptors (Lipinski definition) is 6. The van der Waals surface area contributed by atoms with E-state index in [0.717, 1.165) is 38.5 Å². The number of carboxylic acid groups (broad SMARTS) is 1. The van der Waals surface area contributed by atoms with Crippen molar-refractivity contribution in [1.82, 2.24) is 10.2 Å². The number of para-hydroxylation sites is 1. The van der Waals surface area contributed by atoms with Crippen LogP contribution in [-0.2, 0) is 0 Å². The minimum absolute atomic E-state index is 0.0343. The Hall–Kier alpha value is -3.88. The van der Waals surface area contributed by atoms with Gasteiger partial charge < -0.3 is 25.2 Å². The molecule has 1 fully saturated rings. The van der Waals surface area contributed by atoms with E-state index in [4.69, 9.17) is 9.47 Å². The second-order valence-corrected chi connectivity index (χ2v) is 7.84. The molecule has 8 heteroatoms. The maximum absolute atomic E-state index is 12.5. The van der Waals surface area contributed by atoms with Crippen molar-refractivity contribution in [1.29, 1.82) is 0 Å². The van der Waals surface area contributed by atoms with Crippen molar-refractivity contribution in [3.63, 3.8) is 0 Å². The molecule has 8 nitrogen and oxygen atoms in total. The maximum Gasteiger partial charge on any atom is 0.337 e. The Morgan fingerprint density at radius 2 is 1.50 bits per heavy atom. The summed E-state index contributed by atoms with van der Waals surface area (Å²) in [6.45, 7) is 5.69. The standard InChI is InChI=1S/C26H27N3O5/c30-25(28-24-4-2-1-3-23(24)26(31)32)19-5-7-21(8-6-19)34-22-11-9-20(10-12-22)33-18-17-29-15-13-27-14-16-29/h1-12,27H,13-18H2,(H,28,30)(H,31,32). The largest absolute Gasteiger partial charge is 0.492 e. The van der Waals surface area contributed by atoms with Crippen LogP contribution in [0.5, 0.6) is 17.2 Å². The molecule has 3 aromatic carbocycles. The molecule has 1 saturated heterocycles. The van der Waals surface area contributed by atoms with Gasteiger partial charge in [0.15, 0.2) is 0 Å². The average Bonchev–Trinajstić information content (AvgIpc) is 2.86. The van der Waals surface area contributed by atoms with Gasteiger partial charge in [-0.25, -0.2) is 4.79 Å². The number of rotatable bonds is 9. The second kappa shape index (κ2) is 11.3. The van der Waals surface area contributed by atoms with Crippen molar-refractivity contribution in [2.75, 3.05) is 44.6 Å². The first kappa shape index (κ1) is 23.3. The Balaban J connectivity index is 1.28. The molecule has 1 heterocycles. The molecule has 0 aliphatic carbocycles. The van der Waals surface area contributed by atoms with E-state index in [9.17, 15) is 14.7 Å². The Bertz CT molecular complexity index is 1110. The van der Waals surface area contributed by atoms with Gasteiger partial charge in [0.1, 0.15) is 23.9 Å². The highest BCUT2D eigenvalue weighted by atomic mass is 16.5. The Morgan fingerprint density at radius 1 is 0.882 bits per heavy atom. The first-order chi connectivity index (χ1) is 16.6. The van der Waals surface area contributed by atoms with Crippen LogP contribution >= 0.6 is 0 Å². The highest BCUT2D eigenvalue weighted by Gasteiger charge is 2.13. The molecule has 0 aromatic heterocycles. The molecule has 0 unspecified atom stereocenters. The summed E-state index contributed by atoms with van der Waals surface area (Å²) >= 11 is 0. The summed E-state index contributed by atoms with van der Waals surface area (Å²) < 4.78 is 11.7. The highest BCUT2D eigenvalue weighted by Crippen LogP contribution is 2.25. The van der Waals surface area contributed by atoms with Crippen LogP contribution in [0.1, 0.15) is 20.7 Å². The molecule has 176 valence electrons. The minimum atomic E-state index is -1.10. The summed E-state index contributed by atoms with van der Waals surface area (Å²) in [5.41, 5.74) is 0.670. The van der Waals surface area contributed by atoms with E-state index >= 15 is 0 Å². The van der Waals surface area contributed by atoms with Gasteiger partial charge in [-0.05, 0) is 60.7 Å². The Labute approximate surface area is 198 Å². The number of benzene rings is 3. The number of carboxylic acids is 1. The molecule has 1 aliphatic heterocycles. The van der Waals surface area contributed by atoms with Gasteiger partial charge in [0.05, 0.1) is 11.3 Å². The lowest BCUT2D eigenvalue weighted by molar-refractivity contribution is 0.0698. The van der Waals surface area contributed by atoms with E-state index in [2.05, 4.69) is 15.5 Å². The summed E-state index contributed by atoms with van der Waals surface area (Å²) in [6.07, 6.45) is 0. The van der Waals surface area contributed by atoms with Crippen molar-refractivity contribution in [3.8, 4) is 17.2 Å². The number of nitrogens with zero attached hydrogens (tertiary/aromatic N) is 1. The molecule has 0 saturated carbocycles. The van der Waals surface area contributed by atoms with Crippen LogP contribution in [0.2, 0.25) is 0 Å². The number of amides is 1. The lowest BCUT2D eigenvalue weighted by Crippen LogP contribution is -2.44. The van der Waals surface area contributed by atoms with Gasteiger partial charge in [-0.15, -0.1) is 0 Å². The van der Waals surface area contributed by atoms with Gasteiger partial charge in [-0.1, -0.05) is 12.1 Å². The summed E-state index contributed by atoms with van der Waals surface area (Å²) in [5, 5.41) is 15.2. The van der Waals surface area contributed by atoms with Crippen LogP contribution < -0.4 is 20.1 Å². The van der Waals surface area contributed by atoms with Gasteiger partial charge >= 0.3 is 5.97 Å². The summed E-state index contributed by atoms with van der Waals surface area (Å²) in [4.78, 5) is 26.2. The number of piperazine rings is 1. The van der Waals surface area contributed by atoms with E-state index < -0.39 is 11.9 Å². The van der Waals surface area contributed by atoms with E-state index in [0.29, 0.717) is 23.7 Å². The zero-order valence-electron chi connectivity index (χ0n) is 18.7. The second-order valence-electron chi connectivity index (χ2n) is 7.84. The zero-order valence-corrected chi connectivity index (χ0v) is 18.7. The third kappa shape index (κ3) is 6.34. The van der Waals surface area contributed by atoms with Crippen LogP contribution in [0.3, 0.4) is 0 Å². The van der Waals surface area contributed by atoms with Gasteiger partial charge in [0.25, 0.3) is 5.91 Å². The maximum atomic E-state index is 12.5. The van der Waals surface area contributed by atoms with E-state index in [1.54, 1.807) is 42.5 Å². The van der Waals surface area contributed by atoms with Crippen LogP contribution in [0.25, 0.3) is 0 Å². The molecule has 0 bridgehead atoms. The third-order valence-electron chi connectivity index (χ3n) is 5.47. The number of hydrogen-bond donors (Lipinski definition) is 3. The molecule has 1 aliphatic rings. The molecular weight excluding hydrogens is 434 g/mol. The number of anilines is 1. The first-order valence-electron chi connectivity index (χ1n) is 11.2. The van der Waals surface area contributed by atoms with Crippen LogP contribution in [0.15, 0.2) is 72.8 Å². The summed E-state index contributed by atoms with van der Waals surface area (Å²) in [5.74, 6) is 0.520. The van der Waals surface area contributed by atoms with Gasteiger partial charge in [-0.2, -0.15) is 0 Å². The molecule has 0 atom stereocenters. The third-order valence-corrected chi connectivity index (χ3v) is 5.47. The lowest BCUT2D eigenvalue weighted by atomic mass is 10.1. The number of nitrogens with one attached hydrogen (secondary N) is 2. The fraction of sp³-hybridized carbons (Fsp3) is 0.231. The topological polar surface area (TPSA) is 100 Å². The average molecular weight is 462 g/mol. The number of aromatic carboxylic acids is 1. The lowest BCUT2D eigenvalue weighted by Gasteiger charge is -2.26. The van der Waals surface area contributed by atoms with Crippen molar-refractivity contribution < 1.29 is 24.2 Å². The fourth-order valence-electron chi connectivity index (χ4n) is 3.61. The van der Waals surface area contributed by atoms with Crippen molar-refractivity contribution >= 4 is 17.6 Å². The fourth-order valence-corrected chi connectivity index (χ4v) is 3.61. The molecule has 4 rings (SSSR count). The Kier molecular flexibility index (Phi) is 7.75. The number of carbonyl (C=O) groups is 2. The van der Waals surface area contributed by atoms with E-state index in [1.807, 2.05) is 24.3 Å². The summed E-state index contributed by atoms with van der Waals surface area (Å²) in [6, 6.07) is 20.3. The van der Waals surface area contributed by atoms with Gasteiger partial charge in [0.2, 0.25) is 0 Å². The molecule has 1 amide bonds. The minimum Gasteiger partial charge on any atom is -0.492 e. The van der Waals surface area contributed by atoms with Crippen LogP contribution in [0, 0.1) is 0 Å². The quantitative estimate of drug-likeness (QED) is 0.447. The van der Waals surface area contributed by atoms with Crippen molar-refractivity contribution in [2.24, 2.45) is 0 Å². The van der Waals surface area contributed by atoms with Gasteiger partial charge in [0, 0.05) is 38.3 Å². The molecular formula is C26H27N3O5. The number of carbonyl (C=O) groups excluding carboxylic acids is 1. The summed E-state index contributed by atoms with van der Waals surface area (Å²) in [7, 11) is 0. The molecule has 3 N–H and O–H groups in total. The molecule has 0 spiro atoms. The SMILES string of the molecule is O=C(Nc1ccccc1C(=O)O)c1ccc(Oc2ccc(OCCN3CCNCC3)cc2)cc1. The predicted octanol–water partition coefficient (Wildman–Crippen LogP) is 3.71. The zero-order chi connectivity index (χ0) is 23.8. The molecule has 3 aromatic rings. The van der Waals surface area contributed by atoms with Crippen LogP contribution in [0.4, 0.5) is 5.69 Å². The smallest absolute Gasteiger partial charge is 0.337 e. The van der Waals surface area contributed by atoms with Crippen LogP contribution in [-0.4, -0.2) is 61.2 Å². The van der Waals surface area contributed by atoms with Gasteiger partial charge in [-0.3, -0.25) is 9.69 Å². The monoisotopic (exact) mass is 461 g/mol. The molecule has 34 heavy (non-hydrogen) atoms.